The van der Waals surface area contributed by atoms with Crippen LogP contribution >= 0.6 is 11.6 Å². The Kier molecular flexibility index (Phi) is 4.76. The molecule has 0 bridgehead atoms. The van der Waals surface area contributed by atoms with E-state index in [0.29, 0.717) is 29.8 Å². The fraction of sp³-hybridized carbons (Fsp3) is 0.600. The molecular formula is C10H17ClN4O. The number of hydrogen-bond acceptors (Lipinski definition) is 5. The predicted octanol–water partition coefficient (Wildman–Crippen LogP) is 1.57. The van der Waals surface area contributed by atoms with Crippen molar-refractivity contribution >= 4 is 23.2 Å². The first-order chi connectivity index (χ1) is 7.52. The van der Waals surface area contributed by atoms with E-state index in [9.17, 15) is 0 Å². The Labute approximate surface area is 101 Å². The molecule has 1 aromatic heterocycles. The van der Waals surface area contributed by atoms with Crippen LogP contribution in [0.2, 0.25) is 5.02 Å². The molecule has 0 saturated carbocycles. The van der Waals surface area contributed by atoms with Gasteiger partial charge in [0.1, 0.15) is 17.2 Å². The van der Waals surface area contributed by atoms with Crippen LogP contribution in [0.3, 0.4) is 0 Å². The third kappa shape index (κ3) is 3.50. The van der Waals surface area contributed by atoms with Gasteiger partial charge < -0.3 is 15.4 Å². The van der Waals surface area contributed by atoms with E-state index in [1.165, 1.54) is 6.33 Å². The molecule has 0 aliphatic heterocycles. The minimum atomic E-state index is 0.222. The molecule has 6 heteroatoms. The summed E-state index contributed by atoms with van der Waals surface area (Å²) < 4.78 is 5.44. The van der Waals surface area contributed by atoms with Gasteiger partial charge in [0.2, 0.25) is 0 Å². The van der Waals surface area contributed by atoms with Crippen molar-refractivity contribution < 1.29 is 4.74 Å². The summed E-state index contributed by atoms with van der Waals surface area (Å²) in [6, 6.07) is 0. The third-order valence-corrected chi connectivity index (χ3v) is 2.40. The van der Waals surface area contributed by atoms with Crippen molar-refractivity contribution in [3.63, 3.8) is 0 Å². The van der Waals surface area contributed by atoms with Crippen LogP contribution in [0.15, 0.2) is 6.33 Å². The Hall–Kier alpha value is -1.07. The van der Waals surface area contributed by atoms with E-state index in [4.69, 9.17) is 22.1 Å². The maximum absolute atomic E-state index is 6.00. The lowest BCUT2D eigenvalue weighted by Gasteiger charge is -2.20. The highest BCUT2D eigenvalue weighted by Gasteiger charge is 2.10. The number of likely N-dealkylation sites (N-methyl/N-ethyl adjacent to an activating group) is 1. The van der Waals surface area contributed by atoms with E-state index in [2.05, 4.69) is 9.97 Å². The van der Waals surface area contributed by atoms with Crippen LogP contribution in [0, 0.1) is 0 Å². The van der Waals surface area contributed by atoms with Crippen molar-refractivity contribution in [2.45, 2.75) is 20.0 Å². The number of nitrogens with two attached hydrogens (primary N) is 1. The molecule has 5 nitrogen and oxygen atoms in total. The molecule has 0 radical (unpaired) electrons. The minimum Gasteiger partial charge on any atom is -0.382 e. The van der Waals surface area contributed by atoms with Gasteiger partial charge in [-0.15, -0.1) is 0 Å². The number of ether oxygens (including phenoxy) is 1. The Morgan fingerprint density at radius 2 is 2.19 bits per heavy atom. The molecule has 0 saturated heterocycles. The van der Waals surface area contributed by atoms with Crippen LogP contribution in [-0.2, 0) is 4.74 Å². The molecule has 1 aromatic rings. The van der Waals surface area contributed by atoms with Crippen LogP contribution in [0.5, 0.6) is 0 Å². The molecule has 0 aliphatic carbocycles. The molecule has 0 unspecified atom stereocenters. The fourth-order valence-electron chi connectivity index (χ4n) is 1.17. The normalized spacial score (nSPS) is 10.8. The summed E-state index contributed by atoms with van der Waals surface area (Å²) in [5, 5.41) is 0.384. The maximum atomic E-state index is 6.00. The second kappa shape index (κ2) is 5.86. The second-order valence-electron chi connectivity index (χ2n) is 3.74. The summed E-state index contributed by atoms with van der Waals surface area (Å²) in [7, 11) is 1.89. The van der Waals surface area contributed by atoms with Gasteiger partial charge in [-0.25, -0.2) is 9.97 Å². The number of nitrogens with zero attached hydrogens (tertiary/aromatic N) is 3. The van der Waals surface area contributed by atoms with Gasteiger partial charge in [0.25, 0.3) is 0 Å². The van der Waals surface area contributed by atoms with E-state index in [-0.39, 0.29) is 6.10 Å². The van der Waals surface area contributed by atoms with Crippen molar-refractivity contribution in [2.75, 3.05) is 30.8 Å². The van der Waals surface area contributed by atoms with Gasteiger partial charge in [-0.1, -0.05) is 11.6 Å². The van der Waals surface area contributed by atoms with Gasteiger partial charge in [0, 0.05) is 13.6 Å². The number of nitrogen functional groups attached to an aromatic ring is 1. The highest BCUT2D eigenvalue weighted by atomic mass is 35.5. The number of halogens is 1. The van der Waals surface area contributed by atoms with Gasteiger partial charge in [-0.05, 0) is 13.8 Å². The Balaban J connectivity index is 2.59. The summed E-state index contributed by atoms with van der Waals surface area (Å²) in [5.74, 6) is 0.921. The average Bonchev–Trinajstić information content (AvgIpc) is 2.21. The molecule has 0 spiro atoms. The van der Waals surface area contributed by atoms with Crippen molar-refractivity contribution in [1.29, 1.82) is 0 Å². The Morgan fingerprint density at radius 1 is 1.50 bits per heavy atom. The molecule has 90 valence electrons. The lowest BCUT2D eigenvalue weighted by molar-refractivity contribution is 0.0845. The zero-order valence-electron chi connectivity index (χ0n) is 9.77. The van der Waals surface area contributed by atoms with E-state index in [1.54, 1.807) is 0 Å². The molecule has 0 aliphatic rings. The smallest absolute Gasteiger partial charge is 0.152 e. The van der Waals surface area contributed by atoms with Crippen molar-refractivity contribution in [3.8, 4) is 0 Å². The zero-order chi connectivity index (χ0) is 12.1. The van der Waals surface area contributed by atoms with Crippen molar-refractivity contribution in [3.05, 3.63) is 11.3 Å². The third-order valence-electron chi connectivity index (χ3n) is 2.04. The standard InChI is InChI=1S/C10H17ClN4O/c1-7(2)16-5-4-15(3)10-8(11)9(12)13-6-14-10/h6-7H,4-5H2,1-3H3,(H2,12,13,14). The lowest BCUT2D eigenvalue weighted by atomic mass is 10.4. The topological polar surface area (TPSA) is 64.3 Å². The first kappa shape index (κ1) is 13.0. The first-order valence-corrected chi connectivity index (χ1v) is 5.49. The lowest BCUT2D eigenvalue weighted by Crippen LogP contribution is -2.25. The zero-order valence-corrected chi connectivity index (χ0v) is 10.5. The largest absolute Gasteiger partial charge is 0.382 e. The molecule has 0 amide bonds. The Bertz CT molecular complexity index is 346. The van der Waals surface area contributed by atoms with Gasteiger partial charge in [0.15, 0.2) is 5.82 Å². The van der Waals surface area contributed by atoms with Crippen LogP contribution in [0.25, 0.3) is 0 Å². The van der Waals surface area contributed by atoms with Crippen LogP contribution < -0.4 is 10.6 Å². The molecule has 0 atom stereocenters. The predicted molar refractivity (Wildman–Crippen MR) is 65.8 cm³/mol. The minimum absolute atomic E-state index is 0.222. The second-order valence-corrected chi connectivity index (χ2v) is 4.12. The number of rotatable bonds is 5. The summed E-state index contributed by atoms with van der Waals surface area (Å²) in [4.78, 5) is 9.78. The quantitative estimate of drug-likeness (QED) is 0.852. The van der Waals surface area contributed by atoms with E-state index in [1.807, 2.05) is 25.8 Å². The van der Waals surface area contributed by atoms with E-state index in [0.717, 1.165) is 0 Å². The van der Waals surface area contributed by atoms with Crippen LogP contribution in [0.1, 0.15) is 13.8 Å². The van der Waals surface area contributed by atoms with Crippen LogP contribution in [0.4, 0.5) is 11.6 Å². The van der Waals surface area contributed by atoms with Gasteiger partial charge in [0.05, 0.1) is 12.7 Å². The molecule has 0 aromatic carbocycles. The molecule has 0 fully saturated rings. The van der Waals surface area contributed by atoms with Gasteiger partial charge >= 0.3 is 0 Å². The SMILES string of the molecule is CC(C)OCCN(C)c1ncnc(N)c1Cl. The van der Waals surface area contributed by atoms with Gasteiger partial charge in [-0.3, -0.25) is 0 Å². The summed E-state index contributed by atoms with van der Waals surface area (Å²) >= 11 is 6.00. The number of hydrogen-bond donors (Lipinski definition) is 1. The molecular weight excluding hydrogens is 228 g/mol. The maximum Gasteiger partial charge on any atom is 0.152 e. The average molecular weight is 245 g/mol. The van der Waals surface area contributed by atoms with Crippen LogP contribution in [-0.4, -0.2) is 36.3 Å². The van der Waals surface area contributed by atoms with Gasteiger partial charge in [-0.2, -0.15) is 0 Å². The fourth-order valence-corrected chi connectivity index (χ4v) is 1.41. The monoisotopic (exact) mass is 244 g/mol. The van der Waals surface area contributed by atoms with Crippen molar-refractivity contribution in [1.82, 2.24) is 9.97 Å². The van der Waals surface area contributed by atoms with Crippen molar-refractivity contribution in [2.24, 2.45) is 0 Å². The molecule has 2 N–H and O–H groups in total. The summed E-state index contributed by atoms with van der Waals surface area (Å²) in [5.41, 5.74) is 5.59. The highest BCUT2D eigenvalue weighted by molar-refractivity contribution is 6.35. The number of aromatic nitrogens is 2. The van der Waals surface area contributed by atoms with E-state index < -0.39 is 0 Å². The Morgan fingerprint density at radius 3 is 2.81 bits per heavy atom. The molecule has 1 heterocycles. The van der Waals surface area contributed by atoms with E-state index >= 15 is 0 Å². The highest BCUT2D eigenvalue weighted by Crippen LogP contribution is 2.25. The summed E-state index contributed by atoms with van der Waals surface area (Å²) in [6.45, 7) is 5.31. The summed E-state index contributed by atoms with van der Waals surface area (Å²) in [6.07, 6.45) is 1.62. The molecule has 1 rings (SSSR count). The molecule has 16 heavy (non-hydrogen) atoms. The first-order valence-electron chi connectivity index (χ1n) is 5.11. The number of anilines is 2.